The molecule has 2 aromatic rings. The Hall–Kier alpha value is -1.76. The molecule has 2 heterocycles. The Labute approximate surface area is 176 Å². The van der Waals surface area contributed by atoms with Gasteiger partial charge in [0.05, 0.1) is 6.54 Å². The van der Waals surface area contributed by atoms with Gasteiger partial charge in [0.25, 0.3) is 0 Å². The van der Waals surface area contributed by atoms with Gasteiger partial charge in [-0.1, -0.05) is 6.42 Å². The molecule has 1 aromatic heterocycles. The first-order valence-electron chi connectivity index (χ1n) is 9.62. The number of nitrogens with zero attached hydrogens (tertiary/aromatic N) is 1. The van der Waals surface area contributed by atoms with Gasteiger partial charge in [-0.3, -0.25) is 4.79 Å². The van der Waals surface area contributed by atoms with E-state index in [-0.39, 0.29) is 30.2 Å². The van der Waals surface area contributed by atoms with Crippen LogP contribution in [0.25, 0.3) is 0 Å². The second-order valence-corrected chi connectivity index (χ2v) is 8.67. The number of nitrogens with two attached hydrogens (primary N) is 1. The number of thiophene rings is 1. The van der Waals surface area contributed by atoms with Crippen molar-refractivity contribution >= 4 is 35.3 Å². The first kappa shape index (κ1) is 21.0. The van der Waals surface area contributed by atoms with E-state index in [2.05, 4.69) is 19.1 Å². The summed E-state index contributed by atoms with van der Waals surface area (Å²) in [5.74, 6) is 1.91. The van der Waals surface area contributed by atoms with Crippen LogP contribution in [0.3, 0.4) is 0 Å². The van der Waals surface area contributed by atoms with Crippen LogP contribution in [0.4, 0.5) is 5.69 Å². The van der Waals surface area contributed by atoms with Crippen LogP contribution in [-0.4, -0.2) is 25.7 Å². The van der Waals surface area contributed by atoms with Gasteiger partial charge in [0, 0.05) is 27.4 Å². The van der Waals surface area contributed by atoms with Crippen molar-refractivity contribution in [3.8, 4) is 11.5 Å². The summed E-state index contributed by atoms with van der Waals surface area (Å²) >= 11 is 1.73. The number of amides is 1. The lowest BCUT2D eigenvalue weighted by Gasteiger charge is -2.29. The van der Waals surface area contributed by atoms with Gasteiger partial charge >= 0.3 is 0 Å². The molecule has 1 fully saturated rings. The summed E-state index contributed by atoms with van der Waals surface area (Å²) in [7, 11) is 0. The quantitative estimate of drug-likeness (QED) is 0.785. The maximum Gasteiger partial charge on any atom is 0.230 e. The van der Waals surface area contributed by atoms with Crippen LogP contribution in [0.15, 0.2) is 30.3 Å². The number of ether oxygens (including phenoxy) is 2. The molecule has 0 saturated heterocycles. The third-order valence-corrected chi connectivity index (χ3v) is 6.48. The van der Waals surface area contributed by atoms with Crippen LogP contribution in [0.2, 0.25) is 0 Å². The molecular weight excluding hydrogens is 396 g/mol. The third kappa shape index (κ3) is 4.29. The van der Waals surface area contributed by atoms with Crippen molar-refractivity contribution in [2.75, 3.05) is 24.7 Å². The molecule has 0 bridgehead atoms. The van der Waals surface area contributed by atoms with Gasteiger partial charge in [0.1, 0.15) is 13.2 Å². The number of aryl methyl sites for hydroxylation is 1. The van der Waals surface area contributed by atoms with E-state index in [0.29, 0.717) is 32.1 Å². The maximum atomic E-state index is 13.5. The number of hydrogen-bond acceptors (Lipinski definition) is 5. The molecule has 0 spiro atoms. The molecule has 2 N–H and O–H groups in total. The Morgan fingerprint density at radius 2 is 1.96 bits per heavy atom. The number of halogens is 1. The Morgan fingerprint density at radius 3 is 2.68 bits per heavy atom. The predicted molar refractivity (Wildman–Crippen MR) is 115 cm³/mol. The second kappa shape index (κ2) is 9.16. The topological polar surface area (TPSA) is 64.8 Å². The zero-order valence-electron chi connectivity index (χ0n) is 16.1. The van der Waals surface area contributed by atoms with Crippen LogP contribution in [0, 0.1) is 18.8 Å². The van der Waals surface area contributed by atoms with Gasteiger partial charge in [0.2, 0.25) is 5.91 Å². The smallest absolute Gasteiger partial charge is 0.230 e. The standard InChI is InChI=1S/C21H26N2O3S.ClH/c1-14-5-7-17(27-14)13-23(21(24)18-4-2-3-15(18)12-22)16-6-8-19-20(11-16)26-10-9-25-19;/h5-8,11,15,18H,2-4,9-10,12-13,22H2,1H3;1H/t15-,18-;/m1./s1. The van der Waals surface area contributed by atoms with Gasteiger partial charge < -0.3 is 20.1 Å². The van der Waals surface area contributed by atoms with E-state index in [9.17, 15) is 4.79 Å². The van der Waals surface area contributed by atoms with Crippen molar-refractivity contribution in [3.05, 3.63) is 40.1 Å². The highest BCUT2D eigenvalue weighted by molar-refractivity contribution is 7.11. The van der Waals surface area contributed by atoms with Gasteiger partial charge in [-0.05, 0) is 56.5 Å². The minimum absolute atomic E-state index is 0. The number of benzene rings is 1. The Balaban J connectivity index is 0.00000225. The fourth-order valence-electron chi connectivity index (χ4n) is 4.07. The highest BCUT2D eigenvalue weighted by Crippen LogP contribution is 2.38. The fraction of sp³-hybridized carbons (Fsp3) is 0.476. The van der Waals surface area contributed by atoms with E-state index < -0.39 is 0 Å². The molecule has 1 amide bonds. The average molecular weight is 423 g/mol. The molecule has 2 atom stereocenters. The van der Waals surface area contributed by atoms with Gasteiger partial charge in [-0.25, -0.2) is 0 Å². The van der Waals surface area contributed by atoms with Crippen LogP contribution in [-0.2, 0) is 11.3 Å². The van der Waals surface area contributed by atoms with Crippen molar-refractivity contribution in [1.29, 1.82) is 0 Å². The van der Waals surface area contributed by atoms with Gasteiger partial charge in [-0.2, -0.15) is 0 Å². The van der Waals surface area contributed by atoms with E-state index in [1.165, 1.54) is 9.75 Å². The summed E-state index contributed by atoms with van der Waals surface area (Å²) in [5, 5.41) is 0. The van der Waals surface area contributed by atoms with E-state index in [1.54, 1.807) is 11.3 Å². The maximum absolute atomic E-state index is 13.5. The summed E-state index contributed by atoms with van der Waals surface area (Å²) in [4.78, 5) is 17.8. The average Bonchev–Trinajstić information content (AvgIpc) is 3.33. The Kier molecular flexibility index (Phi) is 6.86. The number of anilines is 1. The molecule has 1 saturated carbocycles. The van der Waals surface area contributed by atoms with E-state index >= 15 is 0 Å². The van der Waals surface area contributed by atoms with Crippen molar-refractivity contribution in [2.24, 2.45) is 17.6 Å². The molecular formula is C21H27ClN2O3S. The van der Waals surface area contributed by atoms with Crippen LogP contribution < -0.4 is 20.1 Å². The molecule has 4 rings (SSSR count). The van der Waals surface area contributed by atoms with E-state index in [0.717, 1.165) is 30.7 Å². The molecule has 2 aliphatic rings. The second-order valence-electron chi connectivity index (χ2n) is 7.30. The number of carbonyl (C=O) groups excluding carboxylic acids is 1. The summed E-state index contributed by atoms with van der Waals surface area (Å²) in [6.45, 7) is 4.33. The number of rotatable bonds is 5. The SMILES string of the molecule is Cc1ccc(CN(C(=O)[C@@H]2CCC[C@@H]2CN)c2ccc3c(c2)OCCO3)s1.Cl. The lowest BCUT2D eigenvalue weighted by atomic mass is 9.94. The molecule has 7 heteroatoms. The number of carbonyl (C=O) groups is 1. The molecule has 5 nitrogen and oxygen atoms in total. The molecule has 1 aromatic carbocycles. The van der Waals surface area contributed by atoms with Crippen LogP contribution in [0.5, 0.6) is 11.5 Å². The number of hydrogen-bond donors (Lipinski definition) is 1. The zero-order chi connectivity index (χ0) is 18.8. The predicted octanol–water partition coefficient (Wildman–Crippen LogP) is 4.16. The largest absolute Gasteiger partial charge is 0.486 e. The zero-order valence-corrected chi connectivity index (χ0v) is 17.7. The molecule has 152 valence electrons. The normalized spacial score (nSPS) is 20.5. The lowest BCUT2D eigenvalue weighted by molar-refractivity contribution is -0.123. The van der Waals surface area contributed by atoms with E-state index in [4.69, 9.17) is 15.2 Å². The van der Waals surface area contributed by atoms with Crippen LogP contribution >= 0.6 is 23.7 Å². The molecule has 28 heavy (non-hydrogen) atoms. The first-order chi connectivity index (χ1) is 13.2. The van der Waals surface area contributed by atoms with Crippen molar-refractivity contribution in [2.45, 2.75) is 32.7 Å². The van der Waals surface area contributed by atoms with Gasteiger partial charge in [0.15, 0.2) is 11.5 Å². The highest BCUT2D eigenvalue weighted by atomic mass is 35.5. The fourth-order valence-corrected chi connectivity index (χ4v) is 4.95. The van der Waals surface area contributed by atoms with Crippen molar-refractivity contribution in [3.63, 3.8) is 0 Å². The summed E-state index contributed by atoms with van der Waals surface area (Å²) in [6, 6.07) is 9.99. The minimum atomic E-state index is 0. The van der Waals surface area contributed by atoms with Crippen LogP contribution in [0.1, 0.15) is 29.0 Å². The summed E-state index contributed by atoms with van der Waals surface area (Å²) in [6.07, 6.45) is 3.04. The van der Waals surface area contributed by atoms with Crippen molar-refractivity contribution < 1.29 is 14.3 Å². The number of fused-ring (bicyclic) bond motifs is 1. The Bertz CT molecular complexity index is 826. The summed E-state index contributed by atoms with van der Waals surface area (Å²) in [5.41, 5.74) is 6.80. The van der Waals surface area contributed by atoms with E-state index in [1.807, 2.05) is 23.1 Å². The Morgan fingerprint density at radius 1 is 1.18 bits per heavy atom. The monoisotopic (exact) mass is 422 g/mol. The molecule has 0 radical (unpaired) electrons. The van der Waals surface area contributed by atoms with Crippen molar-refractivity contribution in [1.82, 2.24) is 0 Å². The third-order valence-electron chi connectivity index (χ3n) is 5.49. The molecule has 1 aliphatic heterocycles. The first-order valence-corrected chi connectivity index (χ1v) is 10.4. The summed E-state index contributed by atoms with van der Waals surface area (Å²) < 4.78 is 11.4. The highest BCUT2D eigenvalue weighted by Gasteiger charge is 2.35. The minimum Gasteiger partial charge on any atom is -0.486 e. The lowest BCUT2D eigenvalue weighted by Crippen LogP contribution is -2.38. The molecule has 1 aliphatic carbocycles. The van der Waals surface area contributed by atoms with Gasteiger partial charge in [-0.15, -0.1) is 23.7 Å². The molecule has 0 unspecified atom stereocenters.